The lowest BCUT2D eigenvalue weighted by Gasteiger charge is -2.15. The van der Waals surface area contributed by atoms with Crippen LogP contribution in [0, 0.1) is 29.8 Å². The van der Waals surface area contributed by atoms with Gasteiger partial charge in [0.15, 0.2) is 5.82 Å². The van der Waals surface area contributed by atoms with Gasteiger partial charge in [-0.15, -0.1) is 0 Å². The molecule has 1 atom stereocenters. The highest BCUT2D eigenvalue weighted by molar-refractivity contribution is 5.51. The van der Waals surface area contributed by atoms with Crippen molar-refractivity contribution in [3.63, 3.8) is 0 Å². The Kier molecular flexibility index (Phi) is 3.74. The minimum Gasteiger partial charge on any atom is -0.466 e. The van der Waals surface area contributed by atoms with Gasteiger partial charge in [-0.3, -0.25) is 10.1 Å². The van der Waals surface area contributed by atoms with E-state index >= 15 is 0 Å². The average molecular weight is 278 g/mol. The lowest BCUT2D eigenvalue weighted by atomic mass is 10.1. The third kappa shape index (κ3) is 2.79. The molecule has 0 saturated carbocycles. The standard InChI is InChI=1S/C14H15FN2O3/c1-8-6-12(10(3)20-8)9(2)16-14-5-4-11(17(18)19)7-13(14)15/h4-7,9,16H,1-3H3. The predicted molar refractivity (Wildman–Crippen MR) is 73.3 cm³/mol. The number of aryl methyl sites for hydroxylation is 2. The van der Waals surface area contributed by atoms with Crippen LogP contribution in [0.3, 0.4) is 0 Å². The number of benzene rings is 1. The van der Waals surface area contributed by atoms with Crippen molar-refractivity contribution >= 4 is 11.4 Å². The highest BCUT2D eigenvalue weighted by Crippen LogP contribution is 2.27. The monoisotopic (exact) mass is 278 g/mol. The summed E-state index contributed by atoms with van der Waals surface area (Å²) in [5.74, 6) is 0.907. The van der Waals surface area contributed by atoms with Crippen LogP contribution in [0.2, 0.25) is 0 Å². The van der Waals surface area contributed by atoms with Crippen molar-refractivity contribution in [3.8, 4) is 0 Å². The van der Waals surface area contributed by atoms with Gasteiger partial charge in [0, 0.05) is 11.6 Å². The molecule has 0 amide bonds. The van der Waals surface area contributed by atoms with E-state index in [0.717, 1.165) is 23.2 Å². The summed E-state index contributed by atoms with van der Waals surface area (Å²) >= 11 is 0. The van der Waals surface area contributed by atoms with Crippen LogP contribution in [0.1, 0.15) is 30.0 Å². The van der Waals surface area contributed by atoms with Crippen molar-refractivity contribution in [2.24, 2.45) is 0 Å². The Morgan fingerprint density at radius 2 is 2.05 bits per heavy atom. The molecule has 1 aromatic heterocycles. The summed E-state index contributed by atoms with van der Waals surface area (Å²) in [7, 11) is 0. The number of furan rings is 1. The van der Waals surface area contributed by atoms with Crippen molar-refractivity contribution in [2.45, 2.75) is 26.8 Å². The number of non-ortho nitro benzene ring substituents is 1. The fourth-order valence-corrected chi connectivity index (χ4v) is 2.13. The van der Waals surface area contributed by atoms with E-state index in [-0.39, 0.29) is 17.4 Å². The first-order chi connectivity index (χ1) is 9.38. The number of hydrogen-bond donors (Lipinski definition) is 1. The van der Waals surface area contributed by atoms with Gasteiger partial charge in [0.1, 0.15) is 11.5 Å². The number of hydrogen-bond acceptors (Lipinski definition) is 4. The summed E-state index contributed by atoms with van der Waals surface area (Å²) in [4.78, 5) is 9.94. The summed E-state index contributed by atoms with van der Waals surface area (Å²) in [6.07, 6.45) is 0. The van der Waals surface area contributed by atoms with Gasteiger partial charge in [0.2, 0.25) is 0 Å². The largest absolute Gasteiger partial charge is 0.466 e. The highest BCUT2D eigenvalue weighted by atomic mass is 19.1. The van der Waals surface area contributed by atoms with Crippen LogP contribution >= 0.6 is 0 Å². The van der Waals surface area contributed by atoms with E-state index in [0.29, 0.717) is 0 Å². The molecule has 20 heavy (non-hydrogen) atoms. The first-order valence-corrected chi connectivity index (χ1v) is 6.16. The second-order valence-corrected chi connectivity index (χ2v) is 4.66. The molecular formula is C14H15FN2O3. The van der Waals surface area contributed by atoms with E-state index in [1.165, 1.54) is 12.1 Å². The van der Waals surface area contributed by atoms with Crippen molar-refractivity contribution in [2.75, 3.05) is 5.32 Å². The van der Waals surface area contributed by atoms with Gasteiger partial charge >= 0.3 is 0 Å². The molecule has 2 aromatic rings. The summed E-state index contributed by atoms with van der Waals surface area (Å²) < 4.78 is 19.2. The molecule has 1 N–H and O–H groups in total. The average Bonchev–Trinajstić information content (AvgIpc) is 2.70. The minimum absolute atomic E-state index is 0.164. The van der Waals surface area contributed by atoms with Crippen LogP contribution in [0.25, 0.3) is 0 Å². The zero-order valence-corrected chi connectivity index (χ0v) is 11.4. The van der Waals surface area contributed by atoms with E-state index in [1.807, 2.05) is 26.8 Å². The van der Waals surface area contributed by atoms with Gasteiger partial charge < -0.3 is 9.73 Å². The van der Waals surface area contributed by atoms with E-state index in [1.54, 1.807) is 0 Å². The fraction of sp³-hybridized carbons (Fsp3) is 0.286. The van der Waals surface area contributed by atoms with Crippen LogP contribution in [-0.2, 0) is 0 Å². The zero-order chi connectivity index (χ0) is 14.9. The first-order valence-electron chi connectivity index (χ1n) is 6.16. The number of nitrogens with one attached hydrogen (secondary N) is 1. The van der Waals surface area contributed by atoms with Crippen LogP contribution in [0.4, 0.5) is 15.8 Å². The van der Waals surface area contributed by atoms with Gasteiger partial charge in [-0.1, -0.05) is 0 Å². The molecular weight excluding hydrogens is 263 g/mol. The number of nitrogens with zero attached hydrogens (tertiary/aromatic N) is 1. The molecule has 0 aliphatic rings. The quantitative estimate of drug-likeness (QED) is 0.674. The molecule has 1 unspecified atom stereocenters. The fourth-order valence-electron chi connectivity index (χ4n) is 2.13. The molecule has 0 bridgehead atoms. The van der Waals surface area contributed by atoms with Crippen molar-refractivity contribution < 1.29 is 13.7 Å². The summed E-state index contributed by atoms with van der Waals surface area (Å²) in [6.45, 7) is 5.56. The van der Waals surface area contributed by atoms with Crippen LogP contribution < -0.4 is 5.32 Å². The number of nitro benzene ring substituents is 1. The summed E-state index contributed by atoms with van der Waals surface area (Å²) in [5.41, 5.74) is 0.887. The van der Waals surface area contributed by atoms with E-state index in [4.69, 9.17) is 4.42 Å². The second kappa shape index (κ2) is 5.32. The van der Waals surface area contributed by atoms with Crippen molar-refractivity contribution in [1.29, 1.82) is 0 Å². The SMILES string of the molecule is Cc1cc(C(C)Nc2ccc([N+](=O)[O-])cc2F)c(C)o1. The molecule has 6 heteroatoms. The van der Waals surface area contributed by atoms with Gasteiger partial charge in [0.05, 0.1) is 22.7 Å². The molecule has 5 nitrogen and oxygen atoms in total. The summed E-state index contributed by atoms with van der Waals surface area (Å²) in [6, 6.07) is 5.26. The second-order valence-electron chi connectivity index (χ2n) is 4.66. The molecule has 0 spiro atoms. The lowest BCUT2D eigenvalue weighted by molar-refractivity contribution is -0.385. The predicted octanol–water partition coefficient (Wildman–Crippen LogP) is 4.12. The Balaban J connectivity index is 2.22. The van der Waals surface area contributed by atoms with Crippen molar-refractivity contribution in [1.82, 2.24) is 0 Å². The number of rotatable bonds is 4. The Morgan fingerprint density at radius 1 is 1.35 bits per heavy atom. The molecule has 1 aromatic carbocycles. The molecule has 0 saturated heterocycles. The van der Waals surface area contributed by atoms with E-state index in [9.17, 15) is 14.5 Å². The summed E-state index contributed by atoms with van der Waals surface area (Å²) in [5, 5.41) is 13.6. The normalized spacial score (nSPS) is 12.2. The van der Waals surface area contributed by atoms with Crippen molar-refractivity contribution in [3.05, 3.63) is 57.3 Å². The van der Waals surface area contributed by atoms with Crippen LogP contribution in [0.5, 0.6) is 0 Å². The van der Waals surface area contributed by atoms with Crippen LogP contribution in [0.15, 0.2) is 28.7 Å². The molecule has 0 radical (unpaired) electrons. The van der Waals surface area contributed by atoms with E-state index < -0.39 is 10.7 Å². The van der Waals surface area contributed by atoms with E-state index in [2.05, 4.69) is 5.32 Å². The molecule has 2 rings (SSSR count). The Morgan fingerprint density at radius 3 is 2.55 bits per heavy atom. The Labute approximate surface area is 115 Å². The first kappa shape index (κ1) is 14.0. The molecule has 0 fully saturated rings. The van der Waals surface area contributed by atoms with Gasteiger partial charge in [-0.05, 0) is 32.9 Å². The smallest absolute Gasteiger partial charge is 0.272 e. The zero-order valence-electron chi connectivity index (χ0n) is 11.4. The molecule has 106 valence electrons. The maximum atomic E-state index is 13.8. The Hall–Kier alpha value is -2.37. The molecule has 1 heterocycles. The minimum atomic E-state index is -0.649. The van der Waals surface area contributed by atoms with Gasteiger partial charge in [-0.25, -0.2) is 4.39 Å². The van der Waals surface area contributed by atoms with Gasteiger partial charge in [-0.2, -0.15) is 0 Å². The number of nitro groups is 1. The molecule has 0 aliphatic carbocycles. The third-order valence-corrected chi connectivity index (χ3v) is 3.08. The number of halogens is 1. The Bertz CT molecular complexity index is 652. The maximum Gasteiger partial charge on any atom is 0.272 e. The molecule has 0 aliphatic heterocycles. The van der Waals surface area contributed by atoms with Gasteiger partial charge in [0.25, 0.3) is 5.69 Å². The lowest BCUT2D eigenvalue weighted by Crippen LogP contribution is -2.08. The topological polar surface area (TPSA) is 68.3 Å². The number of anilines is 1. The third-order valence-electron chi connectivity index (χ3n) is 3.08. The maximum absolute atomic E-state index is 13.8. The van der Waals surface area contributed by atoms with Crippen LogP contribution in [-0.4, -0.2) is 4.92 Å². The highest BCUT2D eigenvalue weighted by Gasteiger charge is 2.16.